The standard InChI is InChI=1S/C22H15F3N2O3/c1-13-18(27-20(30-13)14-7-3-2-4-8-14)12-29-21(28)16-11-26-17-10-6-5-9-15(17)19(16)22(23,24)25/h2-11H,12H2,1H3. The summed E-state index contributed by atoms with van der Waals surface area (Å²) < 4.78 is 51.8. The minimum Gasteiger partial charge on any atom is -0.455 e. The summed E-state index contributed by atoms with van der Waals surface area (Å²) in [5.41, 5.74) is -0.521. The zero-order valence-corrected chi connectivity index (χ0v) is 15.7. The summed E-state index contributed by atoms with van der Waals surface area (Å²) in [6.45, 7) is 1.31. The fourth-order valence-electron chi connectivity index (χ4n) is 3.08. The van der Waals surface area contributed by atoms with Gasteiger partial charge in [0.25, 0.3) is 0 Å². The molecule has 2 aromatic heterocycles. The van der Waals surface area contributed by atoms with Crippen molar-refractivity contribution in [2.45, 2.75) is 19.7 Å². The Labute approximate surface area is 169 Å². The van der Waals surface area contributed by atoms with Crippen molar-refractivity contribution in [1.29, 1.82) is 0 Å². The monoisotopic (exact) mass is 412 g/mol. The molecule has 0 atom stereocenters. The van der Waals surface area contributed by atoms with Gasteiger partial charge < -0.3 is 9.15 Å². The molecule has 0 amide bonds. The number of ether oxygens (including phenoxy) is 1. The van der Waals surface area contributed by atoms with Crippen LogP contribution in [0.5, 0.6) is 0 Å². The lowest BCUT2D eigenvalue weighted by Crippen LogP contribution is -2.16. The molecular formula is C22H15F3N2O3. The smallest absolute Gasteiger partial charge is 0.417 e. The molecule has 0 fully saturated rings. The molecule has 0 aliphatic carbocycles. The predicted molar refractivity (Wildman–Crippen MR) is 103 cm³/mol. The van der Waals surface area contributed by atoms with Crippen LogP contribution in [0.4, 0.5) is 13.2 Å². The zero-order chi connectivity index (χ0) is 21.3. The van der Waals surface area contributed by atoms with E-state index < -0.39 is 23.3 Å². The SMILES string of the molecule is Cc1oc(-c2ccccc2)nc1COC(=O)c1cnc2ccccc2c1C(F)(F)F. The van der Waals surface area contributed by atoms with Crippen molar-refractivity contribution in [3.63, 3.8) is 0 Å². The van der Waals surface area contributed by atoms with Crippen molar-refractivity contribution in [3.05, 3.63) is 83.4 Å². The van der Waals surface area contributed by atoms with Crippen molar-refractivity contribution in [2.75, 3.05) is 0 Å². The van der Waals surface area contributed by atoms with Crippen molar-refractivity contribution >= 4 is 16.9 Å². The van der Waals surface area contributed by atoms with E-state index in [4.69, 9.17) is 9.15 Å². The van der Waals surface area contributed by atoms with E-state index in [0.717, 1.165) is 11.8 Å². The molecule has 5 nitrogen and oxygen atoms in total. The lowest BCUT2D eigenvalue weighted by molar-refractivity contribution is -0.136. The molecule has 0 spiro atoms. The molecule has 0 bridgehead atoms. The Morgan fingerprint density at radius 1 is 1.07 bits per heavy atom. The van der Waals surface area contributed by atoms with Gasteiger partial charge in [-0.25, -0.2) is 9.78 Å². The van der Waals surface area contributed by atoms with Gasteiger partial charge in [0.15, 0.2) is 0 Å². The first-order valence-electron chi connectivity index (χ1n) is 8.98. The lowest BCUT2D eigenvalue weighted by Gasteiger charge is -2.14. The maximum Gasteiger partial charge on any atom is 0.417 e. The maximum atomic E-state index is 13.7. The first kappa shape index (κ1) is 19.6. The summed E-state index contributed by atoms with van der Waals surface area (Å²) in [7, 11) is 0. The van der Waals surface area contributed by atoms with Crippen LogP contribution in [0.1, 0.15) is 27.4 Å². The molecule has 8 heteroatoms. The largest absolute Gasteiger partial charge is 0.455 e. The van der Waals surface area contributed by atoms with Crippen molar-refractivity contribution in [2.24, 2.45) is 0 Å². The summed E-state index contributed by atoms with van der Waals surface area (Å²) in [5, 5.41) is -0.163. The van der Waals surface area contributed by atoms with Gasteiger partial charge in [0.2, 0.25) is 5.89 Å². The number of pyridine rings is 1. The Morgan fingerprint density at radius 2 is 1.77 bits per heavy atom. The summed E-state index contributed by atoms with van der Waals surface area (Å²) in [5.74, 6) is -0.388. The molecule has 0 saturated carbocycles. The summed E-state index contributed by atoms with van der Waals surface area (Å²) in [6, 6.07) is 14.8. The Bertz CT molecular complexity index is 1220. The van der Waals surface area contributed by atoms with E-state index in [1.165, 1.54) is 18.2 Å². The predicted octanol–water partition coefficient (Wildman–Crippen LogP) is 5.57. The Kier molecular flexibility index (Phi) is 4.99. The van der Waals surface area contributed by atoms with Gasteiger partial charge in [0, 0.05) is 17.1 Å². The first-order chi connectivity index (χ1) is 14.3. The highest BCUT2D eigenvalue weighted by molar-refractivity contribution is 5.97. The number of para-hydroxylation sites is 1. The van der Waals surface area contributed by atoms with Crippen molar-refractivity contribution < 1.29 is 27.1 Å². The first-order valence-corrected chi connectivity index (χ1v) is 8.98. The van der Waals surface area contributed by atoms with Gasteiger partial charge in [-0.15, -0.1) is 0 Å². The van der Waals surface area contributed by atoms with Gasteiger partial charge in [0.05, 0.1) is 16.6 Å². The van der Waals surface area contributed by atoms with E-state index >= 15 is 0 Å². The lowest BCUT2D eigenvalue weighted by atomic mass is 10.0. The summed E-state index contributed by atoms with van der Waals surface area (Å²) in [4.78, 5) is 20.7. The summed E-state index contributed by atoms with van der Waals surface area (Å²) in [6.07, 6.45) is -3.86. The second kappa shape index (κ2) is 7.62. The van der Waals surface area contributed by atoms with Gasteiger partial charge in [-0.3, -0.25) is 4.98 Å². The molecule has 30 heavy (non-hydrogen) atoms. The van der Waals surface area contributed by atoms with E-state index in [9.17, 15) is 18.0 Å². The highest BCUT2D eigenvalue weighted by Gasteiger charge is 2.38. The van der Waals surface area contributed by atoms with Crippen molar-refractivity contribution in [1.82, 2.24) is 9.97 Å². The third kappa shape index (κ3) is 3.76. The normalized spacial score (nSPS) is 11.6. The molecule has 0 unspecified atom stereocenters. The zero-order valence-electron chi connectivity index (χ0n) is 15.7. The minimum absolute atomic E-state index is 0.140. The minimum atomic E-state index is -4.75. The molecule has 4 rings (SSSR count). The Hall–Kier alpha value is -3.68. The number of oxazole rings is 1. The molecule has 2 aromatic carbocycles. The number of esters is 1. The van der Waals surface area contributed by atoms with E-state index in [-0.39, 0.29) is 17.5 Å². The van der Waals surface area contributed by atoms with Crippen LogP contribution in [0.2, 0.25) is 0 Å². The highest BCUT2D eigenvalue weighted by atomic mass is 19.4. The number of hydrogen-bond donors (Lipinski definition) is 0. The second-order valence-electron chi connectivity index (χ2n) is 6.53. The maximum absolute atomic E-state index is 13.7. The number of aryl methyl sites for hydroxylation is 1. The number of carbonyl (C=O) groups is 1. The molecule has 4 aromatic rings. The van der Waals surface area contributed by atoms with Crippen LogP contribution in [-0.2, 0) is 17.5 Å². The van der Waals surface area contributed by atoms with Crippen LogP contribution in [0.25, 0.3) is 22.4 Å². The van der Waals surface area contributed by atoms with E-state index in [1.807, 2.05) is 18.2 Å². The molecule has 0 saturated heterocycles. The molecule has 0 N–H and O–H groups in total. The fourth-order valence-corrected chi connectivity index (χ4v) is 3.08. The molecule has 152 valence electrons. The number of alkyl halides is 3. The fraction of sp³-hybridized carbons (Fsp3) is 0.136. The van der Waals surface area contributed by atoms with Gasteiger partial charge in [0.1, 0.15) is 18.1 Å². The molecule has 0 aliphatic heterocycles. The van der Waals surface area contributed by atoms with Crippen LogP contribution in [-0.4, -0.2) is 15.9 Å². The molecule has 0 radical (unpaired) electrons. The van der Waals surface area contributed by atoms with E-state index in [2.05, 4.69) is 9.97 Å². The third-order valence-corrected chi connectivity index (χ3v) is 4.53. The third-order valence-electron chi connectivity index (χ3n) is 4.53. The molecule has 0 aliphatic rings. The van der Waals surface area contributed by atoms with E-state index in [1.54, 1.807) is 25.1 Å². The van der Waals surface area contributed by atoms with Crippen LogP contribution < -0.4 is 0 Å². The van der Waals surface area contributed by atoms with Gasteiger partial charge in [-0.05, 0) is 25.1 Å². The van der Waals surface area contributed by atoms with Crippen molar-refractivity contribution in [3.8, 4) is 11.5 Å². The van der Waals surface area contributed by atoms with Crippen LogP contribution >= 0.6 is 0 Å². The highest BCUT2D eigenvalue weighted by Crippen LogP contribution is 2.37. The second-order valence-corrected chi connectivity index (χ2v) is 6.53. The number of hydrogen-bond acceptors (Lipinski definition) is 5. The Morgan fingerprint density at radius 3 is 2.50 bits per heavy atom. The number of rotatable bonds is 4. The summed E-state index contributed by atoms with van der Waals surface area (Å²) >= 11 is 0. The van der Waals surface area contributed by atoms with E-state index in [0.29, 0.717) is 17.3 Å². The van der Waals surface area contributed by atoms with Gasteiger partial charge in [-0.1, -0.05) is 36.4 Å². The number of benzene rings is 2. The Balaban J connectivity index is 1.61. The quantitative estimate of drug-likeness (QED) is 0.410. The number of aromatic nitrogens is 2. The molecular weight excluding hydrogens is 397 g/mol. The van der Waals surface area contributed by atoms with Gasteiger partial charge >= 0.3 is 12.1 Å². The molecule has 2 heterocycles. The number of halogens is 3. The van der Waals surface area contributed by atoms with Crippen LogP contribution in [0.15, 0.2) is 65.2 Å². The number of carbonyl (C=O) groups excluding carboxylic acids is 1. The number of fused-ring (bicyclic) bond motifs is 1. The van der Waals surface area contributed by atoms with Crippen LogP contribution in [0.3, 0.4) is 0 Å². The van der Waals surface area contributed by atoms with Crippen LogP contribution in [0, 0.1) is 6.92 Å². The average Bonchev–Trinajstić information content (AvgIpc) is 3.11. The number of nitrogens with zero attached hydrogens (tertiary/aromatic N) is 2. The van der Waals surface area contributed by atoms with Gasteiger partial charge in [-0.2, -0.15) is 13.2 Å². The topological polar surface area (TPSA) is 65.2 Å². The average molecular weight is 412 g/mol.